The number of piperidine rings is 1. The largest absolute Gasteiger partial charge is 0.370 e. The minimum absolute atomic E-state index is 0.0441. The van der Waals surface area contributed by atoms with Crippen LogP contribution < -0.4 is 10.6 Å². The first-order chi connectivity index (χ1) is 17.0. The predicted molar refractivity (Wildman–Crippen MR) is 142 cm³/mol. The van der Waals surface area contributed by atoms with E-state index in [0.29, 0.717) is 24.0 Å². The lowest BCUT2D eigenvalue weighted by Gasteiger charge is -2.48. The zero-order valence-corrected chi connectivity index (χ0v) is 21.9. The molecular formula is C28H44N6O. The maximum Gasteiger partial charge on any atom is 0.248 e. The van der Waals surface area contributed by atoms with E-state index >= 15 is 0 Å². The molecule has 7 nitrogen and oxygen atoms in total. The normalized spacial score (nSPS) is 30.9. The first-order valence-electron chi connectivity index (χ1n) is 13.9. The second kappa shape index (κ2) is 10.9. The Bertz CT molecular complexity index is 895. The molecule has 3 atom stereocenters. The Kier molecular flexibility index (Phi) is 7.63. The van der Waals surface area contributed by atoms with Crippen molar-refractivity contribution in [3.63, 3.8) is 0 Å². The molecule has 0 bridgehead atoms. The number of likely N-dealkylation sites (tertiary alicyclic amines) is 1. The molecule has 1 saturated carbocycles. The quantitative estimate of drug-likeness (QED) is 0.587. The van der Waals surface area contributed by atoms with E-state index in [1.54, 1.807) is 6.21 Å². The predicted octanol–water partition coefficient (Wildman–Crippen LogP) is 2.88. The van der Waals surface area contributed by atoms with Gasteiger partial charge in [-0.25, -0.2) is 4.99 Å². The Hall–Kier alpha value is -2.12. The SMILES string of the molecule is CC[C@H]1CN(C2=C(C)NC(C(=O)NC3CC3)C=N2)CCN1C1CCN(CC2=CCC(C)C=C2)CC1. The number of hydrogen-bond acceptors (Lipinski definition) is 6. The summed E-state index contributed by atoms with van der Waals surface area (Å²) in [7, 11) is 0. The third-order valence-corrected chi connectivity index (χ3v) is 8.38. The summed E-state index contributed by atoms with van der Waals surface area (Å²) in [5.74, 6) is 1.75. The third-order valence-electron chi connectivity index (χ3n) is 8.38. The fourth-order valence-electron chi connectivity index (χ4n) is 6.01. The first kappa shape index (κ1) is 24.6. The lowest BCUT2D eigenvalue weighted by Crippen LogP contribution is -2.58. The molecule has 0 radical (unpaired) electrons. The Morgan fingerprint density at radius 2 is 1.97 bits per heavy atom. The number of amides is 1. The van der Waals surface area contributed by atoms with Crippen LogP contribution in [0.5, 0.6) is 0 Å². The first-order valence-corrected chi connectivity index (χ1v) is 13.9. The van der Waals surface area contributed by atoms with Crippen molar-refractivity contribution < 1.29 is 4.79 Å². The third kappa shape index (κ3) is 6.00. The molecule has 2 aliphatic carbocycles. The Balaban J connectivity index is 1.12. The number of carbonyl (C=O) groups is 1. The standard InChI is InChI=1S/C28H44N6O/c1-4-24-19-33(27-21(3)30-26(17-29-27)28(35)31-23-9-10-23)15-16-34(24)25-11-13-32(14-12-25)18-22-7-5-20(2)6-8-22/h5,7-8,17,20,23-26,30H,4,6,9-16,18-19H2,1-3H3,(H,31,35)/t20?,24-,26?/m0/s1. The van der Waals surface area contributed by atoms with Gasteiger partial charge in [-0.3, -0.25) is 14.6 Å². The van der Waals surface area contributed by atoms with Crippen LogP contribution >= 0.6 is 0 Å². The van der Waals surface area contributed by atoms with Gasteiger partial charge in [0.2, 0.25) is 5.91 Å². The lowest BCUT2D eigenvalue weighted by atomic mass is 9.96. The molecule has 0 aromatic heterocycles. The van der Waals surface area contributed by atoms with Crippen molar-refractivity contribution in [2.75, 3.05) is 39.3 Å². The van der Waals surface area contributed by atoms with E-state index in [0.717, 1.165) is 57.0 Å². The topological polar surface area (TPSA) is 63.2 Å². The molecule has 3 aliphatic heterocycles. The average Bonchev–Trinajstić information content (AvgIpc) is 3.69. The number of aliphatic imine (C=N–C) groups is 1. The highest BCUT2D eigenvalue weighted by Gasteiger charge is 2.35. The average molecular weight is 481 g/mol. The lowest BCUT2D eigenvalue weighted by molar-refractivity contribution is -0.121. The van der Waals surface area contributed by atoms with Crippen LogP contribution in [0.25, 0.3) is 0 Å². The zero-order valence-electron chi connectivity index (χ0n) is 21.9. The van der Waals surface area contributed by atoms with Gasteiger partial charge in [-0.05, 0) is 70.0 Å². The number of nitrogens with one attached hydrogen (secondary N) is 2. The molecule has 2 unspecified atom stereocenters. The van der Waals surface area contributed by atoms with Crippen molar-refractivity contribution in [1.29, 1.82) is 0 Å². The molecule has 3 fully saturated rings. The van der Waals surface area contributed by atoms with Gasteiger partial charge in [0.1, 0.15) is 11.9 Å². The van der Waals surface area contributed by atoms with E-state index in [9.17, 15) is 4.79 Å². The van der Waals surface area contributed by atoms with E-state index < -0.39 is 0 Å². The Labute approximate surface area is 211 Å². The fraction of sp³-hybridized carbons (Fsp3) is 0.714. The second-order valence-corrected chi connectivity index (χ2v) is 11.2. The summed E-state index contributed by atoms with van der Waals surface area (Å²) in [5, 5.41) is 6.47. The summed E-state index contributed by atoms with van der Waals surface area (Å²) in [6, 6.07) is 1.26. The van der Waals surface area contributed by atoms with E-state index in [4.69, 9.17) is 4.99 Å². The van der Waals surface area contributed by atoms with Crippen LogP contribution in [0, 0.1) is 5.92 Å². The smallest absolute Gasteiger partial charge is 0.248 e. The highest BCUT2D eigenvalue weighted by atomic mass is 16.2. The van der Waals surface area contributed by atoms with Gasteiger partial charge in [0, 0.05) is 50.5 Å². The number of hydrogen-bond donors (Lipinski definition) is 2. The van der Waals surface area contributed by atoms with Crippen molar-refractivity contribution in [3.8, 4) is 0 Å². The van der Waals surface area contributed by atoms with Crippen LogP contribution in [-0.4, -0.2) is 90.3 Å². The highest BCUT2D eigenvalue weighted by molar-refractivity contribution is 5.98. The molecule has 1 amide bonds. The van der Waals surface area contributed by atoms with Gasteiger partial charge < -0.3 is 15.5 Å². The number of piperazine rings is 1. The molecule has 5 aliphatic rings. The zero-order chi connectivity index (χ0) is 24.4. The Morgan fingerprint density at radius 3 is 2.63 bits per heavy atom. The van der Waals surface area contributed by atoms with Gasteiger partial charge in [0.05, 0.1) is 5.70 Å². The van der Waals surface area contributed by atoms with Gasteiger partial charge in [-0.1, -0.05) is 32.1 Å². The van der Waals surface area contributed by atoms with Crippen LogP contribution in [-0.2, 0) is 4.79 Å². The van der Waals surface area contributed by atoms with Gasteiger partial charge >= 0.3 is 0 Å². The molecular weight excluding hydrogens is 436 g/mol. The van der Waals surface area contributed by atoms with Crippen molar-refractivity contribution in [3.05, 3.63) is 35.3 Å². The fourth-order valence-corrected chi connectivity index (χ4v) is 6.01. The second-order valence-electron chi connectivity index (χ2n) is 11.2. The molecule has 2 N–H and O–H groups in total. The van der Waals surface area contributed by atoms with Crippen molar-refractivity contribution in [1.82, 2.24) is 25.3 Å². The van der Waals surface area contributed by atoms with Crippen LogP contribution in [0.3, 0.4) is 0 Å². The summed E-state index contributed by atoms with van der Waals surface area (Å²) in [4.78, 5) is 25.0. The van der Waals surface area contributed by atoms with E-state index in [2.05, 4.69) is 64.3 Å². The molecule has 5 rings (SSSR count). The van der Waals surface area contributed by atoms with E-state index in [1.165, 1.54) is 37.9 Å². The van der Waals surface area contributed by atoms with Gasteiger partial charge in [0.25, 0.3) is 0 Å². The molecule has 2 saturated heterocycles. The van der Waals surface area contributed by atoms with Crippen LogP contribution in [0.2, 0.25) is 0 Å². The van der Waals surface area contributed by atoms with Gasteiger partial charge in [-0.2, -0.15) is 0 Å². The van der Waals surface area contributed by atoms with Crippen molar-refractivity contribution in [2.24, 2.45) is 10.9 Å². The molecule has 0 aromatic carbocycles. The summed E-state index contributed by atoms with van der Waals surface area (Å²) >= 11 is 0. The summed E-state index contributed by atoms with van der Waals surface area (Å²) < 4.78 is 0. The van der Waals surface area contributed by atoms with Gasteiger partial charge in [0.15, 0.2) is 0 Å². The summed E-state index contributed by atoms with van der Waals surface area (Å²) in [6.07, 6.45) is 16.0. The van der Waals surface area contributed by atoms with Crippen LogP contribution in [0.4, 0.5) is 0 Å². The molecule has 0 aromatic rings. The van der Waals surface area contributed by atoms with Crippen molar-refractivity contribution >= 4 is 12.1 Å². The number of rotatable bonds is 7. The highest BCUT2D eigenvalue weighted by Crippen LogP contribution is 2.27. The summed E-state index contributed by atoms with van der Waals surface area (Å²) in [5.41, 5.74) is 2.51. The molecule has 3 heterocycles. The Morgan fingerprint density at radius 1 is 1.17 bits per heavy atom. The maximum atomic E-state index is 12.4. The molecule has 0 spiro atoms. The molecule has 192 valence electrons. The van der Waals surface area contributed by atoms with Crippen LogP contribution in [0.15, 0.2) is 40.3 Å². The molecule has 35 heavy (non-hydrogen) atoms. The van der Waals surface area contributed by atoms with E-state index in [-0.39, 0.29) is 11.9 Å². The monoisotopic (exact) mass is 480 g/mol. The summed E-state index contributed by atoms with van der Waals surface area (Å²) in [6.45, 7) is 13.3. The number of carbonyl (C=O) groups excluding carboxylic acids is 1. The number of allylic oxidation sites excluding steroid dienone is 3. The van der Waals surface area contributed by atoms with Crippen LogP contribution in [0.1, 0.15) is 59.3 Å². The minimum atomic E-state index is -0.351. The van der Waals surface area contributed by atoms with E-state index in [1.807, 2.05) is 0 Å². The minimum Gasteiger partial charge on any atom is -0.370 e. The number of nitrogens with zero attached hydrogens (tertiary/aromatic N) is 4. The van der Waals surface area contributed by atoms with Gasteiger partial charge in [-0.15, -0.1) is 0 Å². The molecule has 7 heteroatoms. The van der Waals surface area contributed by atoms with Crippen molar-refractivity contribution in [2.45, 2.75) is 83.5 Å². The maximum absolute atomic E-state index is 12.4.